The molecular weight excluding hydrogens is 230 g/mol. The van der Waals surface area contributed by atoms with Crippen molar-refractivity contribution in [1.82, 2.24) is 19.7 Å². The van der Waals surface area contributed by atoms with Crippen LogP contribution in [-0.4, -0.2) is 40.9 Å². The monoisotopic (exact) mass is 247 g/mol. The highest BCUT2D eigenvalue weighted by Crippen LogP contribution is 2.16. The van der Waals surface area contributed by atoms with E-state index in [9.17, 15) is 4.79 Å². The Kier molecular flexibility index (Phi) is 3.45. The fourth-order valence-corrected chi connectivity index (χ4v) is 1.94. The Balaban J connectivity index is 2.20. The molecule has 6 nitrogen and oxygen atoms in total. The van der Waals surface area contributed by atoms with Crippen molar-refractivity contribution in [2.75, 3.05) is 25.5 Å². The molecule has 0 aromatic carbocycles. The van der Waals surface area contributed by atoms with Crippen LogP contribution < -0.4 is 10.2 Å². The zero-order chi connectivity index (χ0) is 13.1. The van der Waals surface area contributed by atoms with Crippen molar-refractivity contribution in [1.29, 1.82) is 0 Å². The Labute approximate surface area is 106 Å². The van der Waals surface area contributed by atoms with Crippen LogP contribution in [0.5, 0.6) is 0 Å². The molecule has 96 valence electrons. The van der Waals surface area contributed by atoms with E-state index in [0.717, 1.165) is 11.5 Å². The summed E-state index contributed by atoms with van der Waals surface area (Å²) in [5, 5.41) is 2.65. The second-order valence-corrected chi connectivity index (χ2v) is 4.30. The Morgan fingerprint density at radius 3 is 2.78 bits per heavy atom. The molecule has 1 N–H and O–H groups in total. The second-order valence-electron chi connectivity index (χ2n) is 4.30. The van der Waals surface area contributed by atoms with Crippen molar-refractivity contribution >= 4 is 17.4 Å². The van der Waals surface area contributed by atoms with Crippen molar-refractivity contribution in [2.45, 2.75) is 6.92 Å². The van der Waals surface area contributed by atoms with Gasteiger partial charge in [0.15, 0.2) is 11.5 Å². The lowest BCUT2D eigenvalue weighted by molar-refractivity contribution is -0.123. The average molecular weight is 247 g/mol. The van der Waals surface area contributed by atoms with Gasteiger partial charge in [0, 0.05) is 45.4 Å². The predicted octanol–water partition coefficient (Wildman–Crippen LogP) is 0.548. The first kappa shape index (κ1) is 12.3. The number of imidazole rings is 1. The maximum atomic E-state index is 11.5. The number of nitrogens with one attached hydrogen (secondary N) is 1. The number of amides is 1. The molecule has 18 heavy (non-hydrogen) atoms. The van der Waals surface area contributed by atoms with E-state index in [1.165, 1.54) is 0 Å². The van der Waals surface area contributed by atoms with Crippen molar-refractivity contribution < 1.29 is 4.79 Å². The fourth-order valence-electron chi connectivity index (χ4n) is 1.94. The number of anilines is 1. The largest absolute Gasteiger partial charge is 0.359 e. The molecular formula is C12H17N5O. The molecule has 0 spiro atoms. The summed E-state index contributed by atoms with van der Waals surface area (Å²) in [5.74, 6) is 0.701. The second kappa shape index (κ2) is 5.03. The minimum Gasteiger partial charge on any atom is -0.359 e. The van der Waals surface area contributed by atoms with Gasteiger partial charge in [-0.25, -0.2) is 9.97 Å². The number of hydrogen-bond acceptors (Lipinski definition) is 4. The van der Waals surface area contributed by atoms with Crippen LogP contribution in [-0.2, 0) is 4.79 Å². The van der Waals surface area contributed by atoms with Crippen molar-refractivity contribution in [3.63, 3.8) is 0 Å². The SMILES string of the molecule is CNC(=O)C(C)CN(C)c1nccn2ccnc12. The zero-order valence-electron chi connectivity index (χ0n) is 10.8. The van der Waals surface area contributed by atoms with Gasteiger partial charge in [0.25, 0.3) is 0 Å². The molecule has 0 saturated heterocycles. The van der Waals surface area contributed by atoms with Crippen LogP contribution in [0.25, 0.3) is 5.65 Å². The maximum Gasteiger partial charge on any atom is 0.224 e. The van der Waals surface area contributed by atoms with E-state index in [1.54, 1.807) is 19.4 Å². The number of carbonyl (C=O) groups excluding carboxylic acids is 1. The molecule has 2 aromatic heterocycles. The van der Waals surface area contributed by atoms with Crippen LogP contribution >= 0.6 is 0 Å². The minimum atomic E-state index is -0.1000. The van der Waals surface area contributed by atoms with Gasteiger partial charge in [-0.2, -0.15) is 0 Å². The third kappa shape index (κ3) is 2.27. The smallest absolute Gasteiger partial charge is 0.224 e. The number of nitrogens with zero attached hydrogens (tertiary/aromatic N) is 4. The number of aromatic nitrogens is 3. The van der Waals surface area contributed by atoms with E-state index < -0.39 is 0 Å². The summed E-state index contributed by atoms with van der Waals surface area (Å²) in [6.45, 7) is 2.49. The Morgan fingerprint density at radius 2 is 2.11 bits per heavy atom. The maximum absolute atomic E-state index is 11.5. The lowest BCUT2D eigenvalue weighted by Crippen LogP contribution is -2.34. The highest BCUT2D eigenvalue weighted by molar-refractivity contribution is 5.78. The summed E-state index contributed by atoms with van der Waals surface area (Å²) < 4.78 is 1.91. The van der Waals surface area contributed by atoms with Gasteiger partial charge in [-0.15, -0.1) is 0 Å². The first-order chi connectivity index (χ1) is 8.63. The Hall–Kier alpha value is -2.11. The van der Waals surface area contributed by atoms with Crippen LogP contribution in [0.1, 0.15) is 6.92 Å². The number of carbonyl (C=O) groups is 1. The molecule has 0 saturated carbocycles. The average Bonchev–Trinajstić information content (AvgIpc) is 2.85. The van der Waals surface area contributed by atoms with E-state index in [2.05, 4.69) is 15.3 Å². The van der Waals surface area contributed by atoms with Gasteiger partial charge < -0.3 is 14.6 Å². The van der Waals surface area contributed by atoms with E-state index in [1.807, 2.05) is 35.7 Å². The molecule has 2 heterocycles. The standard InChI is InChI=1S/C12H17N5O/c1-9(12(18)13-2)8-16(3)10-11-15-5-7-17(11)6-4-14-10/h4-7,9H,8H2,1-3H3,(H,13,18). The van der Waals surface area contributed by atoms with Crippen molar-refractivity contribution in [2.24, 2.45) is 5.92 Å². The van der Waals surface area contributed by atoms with Gasteiger partial charge in [-0.1, -0.05) is 6.92 Å². The molecule has 0 bridgehead atoms. The highest BCUT2D eigenvalue weighted by atomic mass is 16.1. The highest BCUT2D eigenvalue weighted by Gasteiger charge is 2.16. The summed E-state index contributed by atoms with van der Waals surface area (Å²) in [6.07, 6.45) is 7.18. The van der Waals surface area contributed by atoms with Gasteiger partial charge in [-0.3, -0.25) is 4.79 Å². The van der Waals surface area contributed by atoms with E-state index in [-0.39, 0.29) is 11.8 Å². The molecule has 6 heteroatoms. The quantitative estimate of drug-likeness (QED) is 0.857. The predicted molar refractivity (Wildman–Crippen MR) is 69.5 cm³/mol. The van der Waals surface area contributed by atoms with Gasteiger partial charge in [0.2, 0.25) is 5.91 Å². The van der Waals surface area contributed by atoms with Crippen LogP contribution in [0, 0.1) is 5.92 Å². The summed E-state index contributed by atoms with van der Waals surface area (Å²) in [4.78, 5) is 22.1. The van der Waals surface area contributed by atoms with Crippen molar-refractivity contribution in [3.8, 4) is 0 Å². The molecule has 0 aliphatic heterocycles. The lowest BCUT2D eigenvalue weighted by atomic mass is 10.1. The lowest BCUT2D eigenvalue weighted by Gasteiger charge is -2.21. The summed E-state index contributed by atoms with van der Waals surface area (Å²) in [6, 6.07) is 0. The van der Waals surface area contributed by atoms with Gasteiger partial charge in [0.1, 0.15) is 0 Å². The first-order valence-corrected chi connectivity index (χ1v) is 5.84. The molecule has 2 rings (SSSR count). The molecule has 0 radical (unpaired) electrons. The summed E-state index contributed by atoms with van der Waals surface area (Å²) >= 11 is 0. The normalized spacial score (nSPS) is 12.4. The topological polar surface area (TPSA) is 62.5 Å². The molecule has 1 amide bonds. The fraction of sp³-hybridized carbons (Fsp3) is 0.417. The summed E-state index contributed by atoms with van der Waals surface area (Å²) in [7, 11) is 3.56. The van der Waals surface area contributed by atoms with E-state index >= 15 is 0 Å². The van der Waals surface area contributed by atoms with Crippen LogP contribution in [0.4, 0.5) is 5.82 Å². The third-order valence-corrected chi connectivity index (χ3v) is 2.90. The van der Waals surface area contributed by atoms with Gasteiger partial charge in [-0.05, 0) is 0 Å². The third-order valence-electron chi connectivity index (χ3n) is 2.90. The zero-order valence-corrected chi connectivity index (χ0v) is 10.8. The van der Waals surface area contributed by atoms with Crippen LogP contribution in [0.3, 0.4) is 0 Å². The summed E-state index contributed by atoms with van der Waals surface area (Å²) in [5.41, 5.74) is 0.795. The van der Waals surface area contributed by atoms with Crippen LogP contribution in [0.15, 0.2) is 24.8 Å². The first-order valence-electron chi connectivity index (χ1n) is 5.84. The van der Waals surface area contributed by atoms with E-state index in [0.29, 0.717) is 6.54 Å². The molecule has 2 aromatic rings. The number of hydrogen-bond donors (Lipinski definition) is 1. The number of rotatable bonds is 4. The molecule has 0 fully saturated rings. The Morgan fingerprint density at radius 1 is 1.44 bits per heavy atom. The Bertz CT molecular complexity index is 550. The number of fused-ring (bicyclic) bond motifs is 1. The molecule has 0 aliphatic rings. The van der Waals surface area contributed by atoms with E-state index in [4.69, 9.17) is 0 Å². The molecule has 0 aliphatic carbocycles. The molecule has 1 atom stereocenters. The van der Waals surface area contributed by atoms with Crippen LogP contribution in [0.2, 0.25) is 0 Å². The molecule has 1 unspecified atom stereocenters. The minimum absolute atomic E-state index is 0.0251. The van der Waals surface area contributed by atoms with Gasteiger partial charge in [0.05, 0.1) is 5.92 Å². The van der Waals surface area contributed by atoms with Crippen molar-refractivity contribution in [3.05, 3.63) is 24.8 Å². The van der Waals surface area contributed by atoms with Gasteiger partial charge >= 0.3 is 0 Å².